The maximum absolute atomic E-state index is 12.4. The maximum atomic E-state index is 12.4. The second kappa shape index (κ2) is 5.71. The van der Waals surface area contributed by atoms with Gasteiger partial charge in [0, 0.05) is 30.4 Å². The monoisotopic (exact) mass is 234 g/mol. The fourth-order valence-corrected chi connectivity index (χ4v) is 2.02. The zero-order valence-electron chi connectivity index (χ0n) is 11.3. The minimum atomic E-state index is 0.0899. The Morgan fingerprint density at radius 3 is 2.24 bits per heavy atom. The third kappa shape index (κ3) is 3.22. The highest BCUT2D eigenvalue weighted by Crippen LogP contribution is 2.15. The zero-order chi connectivity index (χ0) is 13.0. The van der Waals surface area contributed by atoms with E-state index in [1.165, 1.54) is 0 Å². The van der Waals surface area contributed by atoms with Gasteiger partial charge < -0.3 is 10.2 Å². The van der Waals surface area contributed by atoms with Gasteiger partial charge in [-0.25, -0.2) is 0 Å². The standard InChI is InChI=1S/C14H22N2O/c1-10(2)16(11(3)4)14(17)12-7-6-8-13(9-12)15-5/h6-11,15H,1-5H3. The predicted molar refractivity (Wildman–Crippen MR) is 72.4 cm³/mol. The van der Waals surface area contributed by atoms with Gasteiger partial charge in [0.25, 0.3) is 5.91 Å². The molecule has 1 rings (SSSR count). The number of nitrogens with zero attached hydrogens (tertiary/aromatic N) is 1. The van der Waals surface area contributed by atoms with Crippen molar-refractivity contribution >= 4 is 11.6 Å². The Bertz CT molecular complexity index is 378. The van der Waals surface area contributed by atoms with Crippen molar-refractivity contribution in [3.63, 3.8) is 0 Å². The summed E-state index contributed by atoms with van der Waals surface area (Å²) >= 11 is 0. The fraction of sp³-hybridized carbons (Fsp3) is 0.500. The van der Waals surface area contributed by atoms with Gasteiger partial charge in [0.2, 0.25) is 0 Å². The van der Waals surface area contributed by atoms with Crippen LogP contribution in [0, 0.1) is 0 Å². The Balaban J connectivity index is 3.01. The Morgan fingerprint density at radius 2 is 1.76 bits per heavy atom. The first-order valence-corrected chi connectivity index (χ1v) is 6.07. The Morgan fingerprint density at radius 1 is 1.18 bits per heavy atom. The first-order chi connectivity index (χ1) is 7.97. The molecule has 0 fully saturated rings. The molecule has 3 heteroatoms. The van der Waals surface area contributed by atoms with Crippen LogP contribution in [0.3, 0.4) is 0 Å². The lowest BCUT2D eigenvalue weighted by Gasteiger charge is -2.31. The Kier molecular flexibility index (Phi) is 4.55. The summed E-state index contributed by atoms with van der Waals surface area (Å²) in [5.74, 6) is 0.0899. The highest BCUT2D eigenvalue weighted by molar-refractivity contribution is 5.95. The van der Waals surface area contributed by atoms with Crippen LogP contribution in [-0.4, -0.2) is 29.9 Å². The van der Waals surface area contributed by atoms with E-state index in [-0.39, 0.29) is 18.0 Å². The molecule has 0 saturated carbocycles. The van der Waals surface area contributed by atoms with E-state index in [0.717, 1.165) is 11.3 Å². The zero-order valence-corrected chi connectivity index (χ0v) is 11.3. The van der Waals surface area contributed by atoms with Crippen LogP contribution in [-0.2, 0) is 0 Å². The van der Waals surface area contributed by atoms with E-state index in [4.69, 9.17) is 0 Å². The van der Waals surface area contributed by atoms with Crippen LogP contribution in [0.15, 0.2) is 24.3 Å². The average Bonchev–Trinajstić information content (AvgIpc) is 2.28. The summed E-state index contributed by atoms with van der Waals surface area (Å²) in [4.78, 5) is 14.3. The van der Waals surface area contributed by atoms with Crippen molar-refractivity contribution in [3.8, 4) is 0 Å². The van der Waals surface area contributed by atoms with E-state index in [1.807, 2.05) is 63.9 Å². The summed E-state index contributed by atoms with van der Waals surface area (Å²) in [5, 5.41) is 3.05. The van der Waals surface area contributed by atoms with Crippen molar-refractivity contribution in [3.05, 3.63) is 29.8 Å². The Hall–Kier alpha value is -1.51. The van der Waals surface area contributed by atoms with Crippen LogP contribution in [0.1, 0.15) is 38.1 Å². The lowest BCUT2D eigenvalue weighted by Crippen LogP contribution is -2.42. The second-order valence-electron chi connectivity index (χ2n) is 4.73. The van der Waals surface area contributed by atoms with Gasteiger partial charge in [0.15, 0.2) is 0 Å². The lowest BCUT2D eigenvalue weighted by molar-refractivity contribution is 0.0644. The molecule has 17 heavy (non-hydrogen) atoms. The largest absolute Gasteiger partial charge is 0.388 e. The van der Waals surface area contributed by atoms with Crippen LogP contribution >= 0.6 is 0 Å². The summed E-state index contributed by atoms with van der Waals surface area (Å²) in [6, 6.07) is 8.02. The van der Waals surface area contributed by atoms with Gasteiger partial charge in [-0.3, -0.25) is 4.79 Å². The summed E-state index contributed by atoms with van der Waals surface area (Å²) in [6.45, 7) is 8.17. The van der Waals surface area contributed by atoms with Gasteiger partial charge in [-0.15, -0.1) is 0 Å². The molecule has 0 atom stereocenters. The van der Waals surface area contributed by atoms with Crippen LogP contribution in [0.25, 0.3) is 0 Å². The number of rotatable bonds is 4. The number of nitrogens with one attached hydrogen (secondary N) is 1. The molecule has 94 valence electrons. The predicted octanol–water partition coefficient (Wildman–Crippen LogP) is 2.99. The third-order valence-electron chi connectivity index (χ3n) is 2.75. The average molecular weight is 234 g/mol. The van der Waals surface area contributed by atoms with Crippen molar-refractivity contribution in [2.24, 2.45) is 0 Å². The molecule has 0 spiro atoms. The van der Waals surface area contributed by atoms with Crippen molar-refractivity contribution in [2.75, 3.05) is 12.4 Å². The van der Waals surface area contributed by atoms with Crippen molar-refractivity contribution < 1.29 is 4.79 Å². The normalized spacial score (nSPS) is 10.8. The SMILES string of the molecule is CNc1cccc(C(=O)N(C(C)C)C(C)C)c1. The number of hydrogen-bond acceptors (Lipinski definition) is 2. The van der Waals surface area contributed by atoms with Gasteiger partial charge in [0.1, 0.15) is 0 Å². The summed E-state index contributed by atoms with van der Waals surface area (Å²) in [6.07, 6.45) is 0. The molecule has 0 aliphatic rings. The molecular weight excluding hydrogens is 212 g/mol. The first kappa shape index (κ1) is 13.6. The van der Waals surface area contributed by atoms with Gasteiger partial charge in [0.05, 0.1) is 0 Å². The molecule has 0 unspecified atom stereocenters. The number of carbonyl (C=O) groups is 1. The number of anilines is 1. The third-order valence-corrected chi connectivity index (χ3v) is 2.75. The van der Waals surface area contributed by atoms with Gasteiger partial charge in [-0.05, 0) is 45.9 Å². The van der Waals surface area contributed by atoms with E-state index in [0.29, 0.717) is 0 Å². The molecule has 0 saturated heterocycles. The molecule has 1 aromatic rings. The van der Waals surface area contributed by atoms with Crippen LogP contribution < -0.4 is 5.32 Å². The lowest BCUT2D eigenvalue weighted by atomic mass is 10.1. The van der Waals surface area contributed by atoms with Crippen LogP contribution in [0.5, 0.6) is 0 Å². The van der Waals surface area contributed by atoms with E-state index < -0.39 is 0 Å². The number of amides is 1. The molecule has 0 radical (unpaired) electrons. The van der Waals surface area contributed by atoms with E-state index >= 15 is 0 Å². The summed E-state index contributed by atoms with van der Waals surface area (Å²) in [5.41, 5.74) is 1.70. The number of benzene rings is 1. The number of carbonyl (C=O) groups excluding carboxylic acids is 1. The topological polar surface area (TPSA) is 32.3 Å². The molecule has 0 bridgehead atoms. The van der Waals surface area contributed by atoms with Crippen molar-refractivity contribution in [1.29, 1.82) is 0 Å². The minimum absolute atomic E-state index is 0.0899. The van der Waals surface area contributed by atoms with Gasteiger partial charge in [-0.1, -0.05) is 6.07 Å². The van der Waals surface area contributed by atoms with Crippen molar-refractivity contribution in [2.45, 2.75) is 39.8 Å². The molecule has 3 nitrogen and oxygen atoms in total. The molecule has 0 aliphatic heterocycles. The fourth-order valence-electron chi connectivity index (χ4n) is 2.02. The van der Waals surface area contributed by atoms with Gasteiger partial charge >= 0.3 is 0 Å². The molecular formula is C14H22N2O. The summed E-state index contributed by atoms with van der Waals surface area (Å²) < 4.78 is 0. The molecule has 0 heterocycles. The second-order valence-corrected chi connectivity index (χ2v) is 4.73. The van der Waals surface area contributed by atoms with Gasteiger partial charge in [-0.2, -0.15) is 0 Å². The molecule has 1 aromatic carbocycles. The van der Waals surface area contributed by atoms with Crippen molar-refractivity contribution in [1.82, 2.24) is 4.90 Å². The minimum Gasteiger partial charge on any atom is -0.388 e. The first-order valence-electron chi connectivity index (χ1n) is 6.07. The van der Waals surface area contributed by atoms with E-state index in [1.54, 1.807) is 0 Å². The van der Waals surface area contributed by atoms with E-state index in [9.17, 15) is 4.79 Å². The summed E-state index contributed by atoms with van der Waals surface area (Å²) in [7, 11) is 1.85. The van der Waals surface area contributed by atoms with Crippen LogP contribution in [0.2, 0.25) is 0 Å². The maximum Gasteiger partial charge on any atom is 0.254 e. The Labute approximate surface area is 104 Å². The molecule has 0 aromatic heterocycles. The smallest absolute Gasteiger partial charge is 0.254 e. The molecule has 1 amide bonds. The molecule has 0 aliphatic carbocycles. The number of hydrogen-bond donors (Lipinski definition) is 1. The van der Waals surface area contributed by atoms with E-state index in [2.05, 4.69) is 5.32 Å². The quantitative estimate of drug-likeness (QED) is 0.868. The van der Waals surface area contributed by atoms with Crippen LogP contribution in [0.4, 0.5) is 5.69 Å². The highest BCUT2D eigenvalue weighted by Gasteiger charge is 2.21. The molecule has 1 N–H and O–H groups in total. The highest BCUT2D eigenvalue weighted by atomic mass is 16.2.